The van der Waals surface area contributed by atoms with Crippen molar-refractivity contribution in [1.82, 2.24) is 5.32 Å². The zero-order valence-electron chi connectivity index (χ0n) is 12.5. The van der Waals surface area contributed by atoms with Crippen molar-refractivity contribution in [2.24, 2.45) is 11.7 Å². The maximum Gasteiger partial charge on any atom is 0.223 e. The van der Waals surface area contributed by atoms with Gasteiger partial charge < -0.3 is 16.2 Å². The van der Waals surface area contributed by atoms with Gasteiger partial charge >= 0.3 is 0 Å². The van der Waals surface area contributed by atoms with Gasteiger partial charge in [-0.25, -0.2) is 0 Å². The molecule has 0 aromatic heterocycles. The van der Waals surface area contributed by atoms with Crippen LogP contribution < -0.4 is 11.1 Å². The molecule has 0 aliphatic heterocycles. The van der Waals surface area contributed by atoms with E-state index in [4.69, 9.17) is 5.73 Å². The molecule has 1 fully saturated rings. The van der Waals surface area contributed by atoms with Gasteiger partial charge in [-0.3, -0.25) is 4.79 Å². The second-order valence-corrected chi connectivity index (χ2v) is 6.30. The molecule has 19 heavy (non-hydrogen) atoms. The van der Waals surface area contributed by atoms with Crippen LogP contribution in [0, 0.1) is 5.92 Å². The van der Waals surface area contributed by atoms with Gasteiger partial charge in [0, 0.05) is 12.0 Å². The second kappa shape index (κ2) is 7.85. The summed E-state index contributed by atoms with van der Waals surface area (Å²) in [4.78, 5) is 12.2. The van der Waals surface area contributed by atoms with Crippen LogP contribution in [0.1, 0.15) is 65.2 Å². The number of hydrogen-bond acceptors (Lipinski definition) is 3. The summed E-state index contributed by atoms with van der Waals surface area (Å²) < 4.78 is 0. The lowest BCUT2D eigenvalue weighted by atomic mass is 9.82. The summed E-state index contributed by atoms with van der Waals surface area (Å²) >= 11 is 0. The van der Waals surface area contributed by atoms with Crippen molar-refractivity contribution in [2.45, 2.75) is 76.8 Å². The molecule has 1 aliphatic carbocycles. The maximum absolute atomic E-state index is 12.2. The molecule has 1 saturated carbocycles. The molecule has 0 saturated heterocycles. The Kier molecular flexibility index (Phi) is 6.80. The molecule has 4 N–H and O–H groups in total. The zero-order chi connectivity index (χ0) is 14.3. The third-order valence-corrected chi connectivity index (χ3v) is 4.25. The van der Waals surface area contributed by atoms with Gasteiger partial charge in [-0.2, -0.15) is 0 Å². The van der Waals surface area contributed by atoms with E-state index in [0.29, 0.717) is 0 Å². The summed E-state index contributed by atoms with van der Waals surface area (Å²) in [5.74, 6) is 0.0877. The number of amides is 1. The number of nitrogens with one attached hydrogen (secondary N) is 1. The fourth-order valence-corrected chi connectivity index (χ4v) is 2.81. The lowest BCUT2D eigenvalue weighted by Gasteiger charge is -2.37. The average molecular weight is 270 g/mol. The number of rotatable bonds is 7. The quantitative estimate of drug-likeness (QED) is 0.662. The predicted octanol–water partition coefficient (Wildman–Crippen LogP) is 1.95. The van der Waals surface area contributed by atoms with E-state index in [1.165, 1.54) is 6.42 Å². The van der Waals surface area contributed by atoms with Gasteiger partial charge in [0.1, 0.15) is 0 Å². The summed E-state index contributed by atoms with van der Waals surface area (Å²) in [6.45, 7) is 4.02. The number of carbonyl (C=O) groups excluding carboxylic acids is 1. The number of carbonyl (C=O) groups is 1. The van der Waals surface area contributed by atoms with Crippen LogP contribution in [-0.4, -0.2) is 29.2 Å². The van der Waals surface area contributed by atoms with E-state index in [0.717, 1.165) is 44.9 Å². The van der Waals surface area contributed by atoms with Gasteiger partial charge in [-0.15, -0.1) is 0 Å². The van der Waals surface area contributed by atoms with Gasteiger partial charge in [0.05, 0.1) is 12.1 Å². The van der Waals surface area contributed by atoms with Crippen LogP contribution in [0.5, 0.6) is 0 Å². The molecule has 2 unspecified atom stereocenters. The summed E-state index contributed by atoms with van der Waals surface area (Å²) in [6.07, 6.45) is 8.03. The molecule has 0 radical (unpaired) electrons. The summed E-state index contributed by atoms with van der Waals surface area (Å²) in [7, 11) is 0. The Morgan fingerprint density at radius 1 is 1.26 bits per heavy atom. The van der Waals surface area contributed by atoms with Crippen LogP contribution in [0.3, 0.4) is 0 Å². The van der Waals surface area contributed by atoms with Crippen LogP contribution in [-0.2, 0) is 4.79 Å². The first-order valence-corrected chi connectivity index (χ1v) is 7.67. The molecule has 0 spiro atoms. The fraction of sp³-hybridized carbons (Fsp3) is 0.933. The zero-order valence-corrected chi connectivity index (χ0v) is 12.5. The smallest absolute Gasteiger partial charge is 0.223 e. The van der Waals surface area contributed by atoms with Crippen molar-refractivity contribution in [3.05, 3.63) is 0 Å². The Balaban J connectivity index is 2.39. The third kappa shape index (κ3) is 5.49. The lowest BCUT2D eigenvalue weighted by molar-refractivity contribution is -0.127. The first-order chi connectivity index (χ1) is 8.99. The Hall–Kier alpha value is -0.610. The van der Waals surface area contributed by atoms with E-state index in [9.17, 15) is 9.90 Å². The van der Waals surface area contributed by atoms with E-state index >= 15 is 0 Å². The van der Waals surface area contributed by atoms with Crippen molar-refractivity contribution < 1.29 is 9.90 Å². The van der Waals surface area contributed by atoms with Crippen LogP contribution in [0.2, 0.25) is 0 Å². The summed E-state index contributed by atoms with van der Waals surface area (Å²) in [5, 5.41) is 12.7. The van der Waals surface area contributed by atoms with E-state index in [-0.39, 0.29) is 30.0 Å². The van der Waals surface area contributed by atoms with Gasteiger partial charge in [0.15, 0.2) is 0 Å². The van der Waals surface area contributed by atoms with Gasteiger partial charge in [-0.1, -0.05) is 32.6 Å². The van der Waals surface area contributed by atoms with Crippen LogP contribution >= 0.6 is 0 Å². The molecule has 1 aliphatic rings. The van der Waals surface area contributed by atoms with E-state index in [1.807, 2.05) is 13.8 Å². The molecule has 1 rings (SSSR count). The van der Waals surface area contributed by atoms with Crippen LogP contribution in [0.15, 0.2) is 0 Å². The minimum absolute atomic E-state index is 0.00380. The first-order valence-electron chi connectivity index (χ1n) is 7.67. The molecule has 0 aromatic carbocycles. The van der Waals surface area contributed by atoms with Crippen LogP contribution in [0.4, 0.5) is 0 Å². The molecular formula is C15H30N2O2. The van der Waals surface area contributed by atoms with Crippen molar-refractivity contribution in [2.75, 3.05) is 6.61 Å². The molecule has 0 heterocycles. The monoisotopic (exact) mass is 270 g/mol. The van der Waals surface area contributed by atoms with Crippen molar-refractivity contribution >= 4 is 5.91 Å². The number of aliphatic hydroxyl groups excluding tert-OH is 1. The molecule has 4 nitrogen and oxygen atoms in total. The minimum atomic E-state index is -0.356. The minimum Gasteiger partial charge on any atom is -0.394 e. The Labute approximate surface area is 117 Å². The average Bonchev–Trinajstić information content (AvgIpc) is 2.39. The van der Waals surface area contributed by atoms with Gasteiger partial charge in [-0.05, 0) is 32.6 Å². The van der Waals surface area contributed by atoms with E-state index in [2.05, 4.69) is 5.32 Å². The third-order valence-electron chi connectivity index (χ3n) is 4.25. The molecule has 0 aromatic rings. The highest BCUT2D eigenvalue weighted by Crippen LogP contribution is 2.28. The molecule has 4 heteroatoms. The highest BCUT2D eigenvalue weighted by molar-refractivity contribution is 5.79. The van der Waals surface area contributed by atoms with Crippen molar-refractivity contribution in [1.29, 1.82) is 0 Å². The van der Waals surface area contributed by atoms with Gasteiger partial charge in [0.25, 0.3) is 0 Å². The Morgan fingerprint density at radius 2 is 1.89 bits per heavy atom. The highest BCUT2D eigenvalue weighted by atomic mass is 16.3. The molecule has 112 valence electrons. The van der Waals surface area contributed by atoms with E-state index in [1.54, 1.807) is 0 Å². The van der Waals surface area contributed by atoms with Crippen LogP contribution in [0.25, 0.3) is 0 Å². The summed E-state index contributed by atoms with van der Waals surface area (Å²) in [5.41, 5.74) is 5.36. The Bertz CT molecular complexity index is 273. The predicted molar refractivity (Wildman–Crippen MR) is 77.7 cm³/mol. The van der Waals surface area contributed by atoms with Gasteiger partial charge in [0.2, 0.25) is 5.91 Å². The molecule has 1 amide bonds. The second-order valence-electron chi connectivity index (χ2n) is 6.30. The number of nitrogens with two attached hydrogens (primary N) is 1. The van der Waals surface area contributed by atoms with Crippen molar-refractivity contribution in [3.63, 3.8) is 0 Å². The van der Waals surface area contributed by atoms with Crippen molar-refractivity contribution in [3.8, 4) is 0 Å². The standard InChI is InChI=1S/C15H30N2O2/c1-12(7-6-8-13(2)16)14(19)17-15(11-18)9-4-3-5-10-15/h12-13,18H,3-11,16H2,1-2H3,(H,17,19). The number of aliphatic hydroxyl groups is 1. The number of hydrogen-bond donors (Lipinski definition) is 3. The maximum atomic E-state index is 12.2. The molecule has 2 atom stereocenters. The largest absolute Gasteiger partial charge is 0.394 e. The molecule has 0 bridgehead atoms. The first kappa shape index (κ1) is 16.4. The topological polar surface area (TPSA) is 75.4 Å². The normalized spacial score (nSPS) is 21.7. The molecular weight excluding hydrogens is 240 g/mol. The Morgan fingerprint density at radius 3 is 2.42 bits per heavy atom. The summed E-state index contributed by atoms with van der Waals surface area (Å²) in [6, 6.07) is 0.206. The van der Waals surface area contributed by atoms with E-state index < -0.39 is 0 Å². The fourth-order valence-electron chi connectivity index (χ4n) is 2.81. The highest BCUT2D eigenvalue weighted by Gasteiger charge is 2.33. The lowest BCUT2D eigenvalue weighted by Crippen LogP contribution is -2.53. The SMILES string of the molecule is CC(N)CCCC(C)C(=O)NC1(CO)CCCCC1.